The first-order chi connectivity index (χ1) is 34.7. The molecule has 0 bridgehead atoms. The number of aromatic nitrogens is 4. The monoisotopic (exact) mass is 892 g/mol. The molecule has 0 unspecified atom stereocenters. The SMILES string of the molecule is c1ccc(-c2nc(-c3cccc(-c4ccc(-c5c6c(cc7c(-c8ccccc8)nc8ccccc8c57)oc5ccccc56)cc4)c3)cc(-c3cccc(-n4c5ccccc5c5ccccc54)c3)n2)cc1. The van der Waals surface area contributed by atoms with Gasteiger partial charge in [-0.2, -0.15) is 0 Å². The highest BCUT2D eigenvalue weighted by atomic mass is 16.3. The number of fused-ring (bicyclic) bond motifs is 9. The van der Waals surface area contributed by atoms with Gasteiger partial charge in [-0.05, 0) is 71.3 Å². The van der Waals surface area contributed by atoms with Crippen molar-refractivity contribution in [3.05, 3.63) is 243 Å². The van der Waals surface area contributed by atoms with E-state index >= 15 is 0 Å². The van der Waals surface area contributed by atoms with Crippen molar-refractivity contribution in [1.29, 1.82) is 0 Å². The first kappa shape index (κ1) is 39.7. The van der Waals surface area contributed by atoms with Crippen LogP contribution in [0.15, 0.2) is 247 Å². The second kappa shape index (κ2) is 16.1. The quantitative estimate of drug-likeness (QED) is 0.150. The summed E-state index contributed by atoms with van der Waals surface area (Å²) in [6.07, 6.45) is 0. The minimum Gasteiger partial charge on any atom is -0.456 e. The first-order valence-electron chi connectivity index (χ1n) is 23.7. The molecule has 0 atom stereocenters. The normalized spacial score (nSPS) is 11.7. The van der Waals surface area contributed by atoms with Crippen molar-refractivity contribution in [3.8, 4) is 73.1 Å². The van der Waals surface area contributed by atoms with Gasteiger partial charge in [0.25, 0.3) is 0 Å². The standard InChI is InChI=1S/C65H40N4O/c1-3-17-43(18-4-1)64-53-39-60-63(52-28-10-14-32-59(52)70-60)61(62(53)51-27-7-11-29-54(51)66-64)42-35-33-41(34-36-42)45-21-15-22-46(37-45)55-40-56(68-65(67-55)44-19-5-2-6-20-44)47-23-16-24-48(38-47)69-57-30-12-8-25-49(57)50-26-9-13-31-58(50)69/h1-40H. The maximum Gasteiger partial charge on any atom is 0.160 e. The Bertz CT molecular complexity index is 4290. The summed E-state index contributed by atoms with van der Waals surface area (Å²) in [6.45, 7) is 0. The minimum atomic E-state index is 0.677. The van der Waals surface area contributed by atoms with E-state index in [1.165, 1.54) is 21.8 Å². The molecule has 4 aromatic heterocycles. The topological polar surface area (TPSA) is 56.7 Å². The van der Waals surface area contributed by atoms with Crippen LogP contribution < -0.4 is 0 Å². The van der Waals surface area contributed by atoms with Crippen LogP contribution in [-0.2, 0) is 0 Å². The van der Waals surface area contributed by atoms with Crippen LogP contribution in [0.1, 0.15) is 0 Å². The maximum absolute atomic E-state index is 6.66. The third kappa shape index (κ3) is 6.51. The molecule has 14 rings (SSSR count). The molecule has 0 fully saturated rings. The second-order valence-corrected chi connectivity index (χ2v) is 17.9. The molecule has 5 heteroatoms. The zero-order valence-corrected chi connectivity index (χ0v) is 37.8. The van der Waals surface area contributed by atoms with Crippen molar-refractivity contribution in [2.75, 3.05) is 0 Å². The molecule has 5 nitrogen and oxygen atoms in total. The van der Waals surface area contributed by atoms with Gasteiger partial charge >= 0.3 is 0 Å². The van der Waals surface area contributed by atoms with Crippen molar-refractivity contribution in [2.24, 2.45) is 0 Å². The largest absolute Gasteiger partial charge is 0.456 e. The van der Waals surface area contributed by atoms with Gasteiger partial charge in [-0.1, -0.05) is 188 Å². The lowest BCUT2D eigenvalue weighted by atomic mass is 9.89. The molecule has 0 N–H and O–H groups in total. The fraction of sp³-hybridized carbons (Fsp3) is 0. The van der Waals surface area contributed by atoms with E-state index in [4.69, 9.17) is 19.4 Å². The fourth-order valence-electron chi connectivity index (χ4n) is 10.6. The van der Waals surface area contributed by atoms with Gasteiger partial charge in [0.2, 0.25) is 0 Å². The number of rotatable bonds is 7. The summed E-state index contributed by atoms with van der Waals surface area (Å²) < 4.78 is 9.01. The summed E-state index contributed by atoms with van der Waals surface area (Å²) in [5.41, 5.74) is 17.2. The zero-order chi connectivity index (χ0) is 46.1. The molecule has 70 heavy (non-hydrogen) atoms. The molecule has 0 amide bonds. The Hall–Kier alpha value is -9.45. The van der Waals surface area contributed by atoms with Crippen molar-refractivity contribution >= 4 is 65.4 Å². The van der Waals surface area contributed by atoms with Gasteiger partial charge in [-0.15, -0.1) is 0 Å². The summed E-state index contributed by atoms with van der Waals surface area (Å²) in [5.74, 6) is 0.677. The molecule has 0 aliphatic rings. The Morgan fingerprint density at radius 1 is 0.314 bits per heavy atom. The molecule has 0 saturated carbocycles. The zero-order valence-electron chi connectivity index (χ0n) is 37.8. The average molecular weight is 893 g/mol. The highest BCUT2D eigenvalue weighted by Crippen LogP contribution is 2.47. The van der Waals surface area contributed by atoms with Gasteiger partial charge in [-0.3, -0.25) is 0 Å². The fourth-order valence-corrected chi connectivity index (χ4v) is 10.6. The van der Waals surface area contributed by atoms with Gasteiger partial charge < -0.3 is 8.98 Å². The van der Waals surface area contributed by atoms with E-state index in [1.807, 2.05) is 30.3 Å². The number of benzene rings is 10. The van der Waals surface area contributed by atoms with Crippen LogP contribution in [0.4, 0.5) is 0 Å². The number of furan rings is 1. The highest BCUT2D eigenvalue weighted by Gasteiger charge is 2.22. The molecule has 0 spiro atoms. The Balaban J connectivity index is 0.901. The van der Waals surface area contributed by atoms with Crippen LogP contribution in [0.2, 0.25) is 0 Å². The van der Waals surface area contributed by atoms with E-state index in [0.29, 0.717) is 5.82 Å². The first-order valence-corrected chi connectivity index (χ1v) is 23.7. The average Bonchev–Trinajstić information content (AvgIpc) is 3.98. The van der Waals surface area contributed by atoms with Gasteiger partial charge in [-0.25, -0.2) is 15.0 Å². The molecular weight excluding hydrogens is 853 g/mol. The van der Waals surface area contributed by atoms with Gasteiger partial charge in [0.15, 0.2) is 5.82 Å². The lowest BCUT2D eigenvalue weighted by molar-refractivity contribution is 0.669. The van der Waals surface area contributed by atoms with Crippen molar-refractivity contribution in [2.45, 2.75) is 0 Å². The minimum absolute atomic E-state index is 0.677. The molecule has 10 aromatic carbocycles. The number of nitrogens with zero attached hydrogens (tertiary/aromatic N) is 4. The number of hydrogen-bond donors (Lipinski definition) is 0. The van der Waals surface area contributed by atoms with E-state index in [1.54, 1.807) is 0 Å². The Morgan fingerprint density at radius 3 is 1.60 bits per heavy atom. The summed E-state index contributed by atoms with van der Waals surface area (Å²) in [6, 6.07) is 85.5. The maximum atomic E-state index is 6.66. The summed E-state index contributed by atoms with van der Waals surface area (Å²) >= 11 is 0. The van der Waals surface area contributed by atoms with E-state index in [-0.39, 0.29) is 0 Å². The summed E-state index contributed by atoms with van der Waals surface area (Å²) in [7, 11) is 0. The van der Waals surface area contributed by atoms with Crippen LogP contribution in [0, 0.1) is 0 Å². The highest BCUT2D eigenvalue weighted by molar-refractivity contribution is 6.27. The molecule has 0 radical (unpaired) electrons. The molecular formula is C65H40N4O. The number of pyridine rings is 1. The van der Waals surface area contributed by atoms with Gasteiger partial charge in [0.1, 0.15) is 11.2 Å². The molecule has 14 aromatic rings. The van der Waals surface area contributed by atoms with Crippen LogP contribution in [0.25, 0.3) is 139 Å². The lowest BCUT2D eigenvalue weighted by Gasteiger charge is -2.16. The van der Waals surface area contributed by atoms with E-state index in [2.05, 4.69) is 217 Å². The lowest BCUT2D eigenvalue weighted by Crippen LogP contribution is -1.98. The summed E-state index contributed by atoms with van der Waals surface area (Å²) in [4.78, 5) is 15.8. The molecule has 326 valence electrons. The van der Waals surface area contributed by atoms with Crippen LogP contribution in [0.5, 0.6) is 0 Å². The van der Waals surface area contributed by atoms with Gasteiger partial charge in [0, 0.05) is 71.2 Å². The molecule has 0 aliphatic carbocycles. The Kier molecular flexibility index (Phi) is 9.14. The van der Waals surface area contributed by atoms with E-state index in [9.17, 15) is 0 Å². The van der Waals surface area contributed by atoms with Crippen molar-refractivity contribution in [1.82, 2.24) is 19.5 Å². The van der Waals surface area contributed by atoms with Gasteiger partial charge in [0.05, 0.1) is 33.6 Å². The predicted octanol–water partition coefficient (Wildman–Crippen LogP) is 17.2. The molecule has 0 aliphatic heterocycles. The van der Waals surface area contributed by atoms with E-state index < -0.39 is 0 Å². The van der Waals surface area contributed by atoms with Crippen LogP contribution in [-0.4, -0.2) is 19.5 Å². The Morgan fingerprint density at radius 2 is 0.871 bits per heavy atom. The number of hydrogen-bond acceptors (Lipinski definition) is 4. The van der Waals surface area contributed by atoms with Crippen molar-refractivity contribution in [3.63, 3.8) is 0 Å². The Labute approximate surface area is 403 Å². The third-order valence-corrected chi connectivity index (χ3v) is 13.8. The van der Waals surface area contributed by atoms with E-state index in [0.717, 1.165) is 111 Å². The number of para-hydroxylation sites is 4. The third-order valence-electron chi connectivity index (χ3n) is 13.8. The summed E-state index contributed by atoms with van der Waals surface area (Å²) in [5, 5.41) is 7.97. The molecule has 4 heterocycles. The smallest absolute Gasteiger partial charge is 0.160 e. The molecule has 0 saturated heterocycles. The van der Waals surface area contributed by atoms with Crippen LogP contribution >= 0.6 is 0 Å². The van der Waals surface area contributed by atoms with Crippen LogP contribution in [0.3, 0.4) is 0 Å². The predicted molar refractivity (Wildman–Crippen MR) is 289 cm³/mol. The van der Waals surface area contributed by atoms with Crippen molar-refractivity contribution < 1.29 is 4.42 Å². The second-order valence-electron chi connectivity index (χ2n) is 17.9.